The van der Waals surface area contributed by atoms with Crippen LogP contribution in [0.2, 0.25) is 0 Å². The van der Waals surface area contributed by atoms with Crippen molar-refractivity contribution in [3.05, 3.63) is 35.9 Å². The summed E-state index contributed by atoms with van der Waals surface area (Å²) in [5.74, 6) is -2.51. The van der Waals surface area contributed by atoms with Gasteiger partial charge in [-0.3, -0.25) is 14.9 Å². The van der Waals surface area contributed by atoms with Gasteiger partial charge in [-0.05, 0) is 57.9 Å². The van der Waals surface area contributed by atoms with E-state index in [1.54, 1.807) is 13.8 Å². The lowest BCUT2D eigenvalue weighted by Gasteiger charge is -2.23. The lowest BCUT2D eigenvalue weighted by atomic mass is 10.0. The number of halogens is 3. The minimum atomic E-state index is -5.08. The molecule has 0 unspecified atom stereocenters. The van der Waals surface area contributed by atoms with E-state index in [0.29, 0.717) is 18.9 Å². The smallest absolute Gasteiger partial charge is 0.475 e. The number of nitrogens with one attached hydrogen (secondary N) is 2. The Hall–Kier alpha value is -2.62. The highest BCUT2D eigenvalue weighted by molar-refractivity contribution is 5.83. The molecule has 0 radical (unpaired) electrons. The predicted molar refractivity (Wildman–Crippen MR) is 112 cm³/mol. The summed E-state index contributed by atoms with van der Waals surface area (Å²) >= 11 is 0. The van der Waals surface area contributed by atoms with Crippen molar-refractivity contribution in [2.75, 3.05) is 6.61 Å². The highest BCUT2D eigenvalue weighted by Gasteiger charge is 2.38. The fourth-order valence-corrected chi connectivity index (χ4v) is 2.91. The zero-order valence-electron chi connectivity index (χ0n) is 18.4. The van der Waals surface area contributed by atoms with Crippen molar-refractivity contribution < 1.29 is 37.4 Å². The van der Waals surface area contributed by atoms with E-state index in [2.05, 4.69) is 10.6 Å². The summed E-state index contributed by atoms with van der Waals surface area (Å²) in [4.78, 5) is 33.5. The molecule has 1 fully saturated rings. The first-order valence-corrected chi connectivity index (χ1v) is 10.5. The number of aliphatic carboxylic acids is 1. The highest BCUT2D eigenvalue weighted by Crippen LogP contribution is 2.32. The topological polar surface area (TPSA) is 105 Å². The third kappa shape index (κ3) is 10.6. The van der Waals surface area contributed by atoms with Crippen LogP contribution in [0.15, 0.2) is 30.3 Å². The number of esters is 1. The summed E-state index contributed by atoms with van der Waals surface area (Å²) in [5.41, 5.74) is 1.16. The number of hydrogen-bond acceptors (Lipinski definition) is 5. The van der Waals surface area contributed by atoms with Crippen molar-refractivity contribution in [3.63, 3.8) is 0 Å². The fraction of sp³-hybridized carbons (Fsp3) is 0.591. The van der Waals surface area contributed by atoms with Gasteiger partial charge in [-0.15, -0.1) is 0 Å². The Kier molecular flexibility index (Phi) is 11.2. The number of ether oxygens (including phenoxy) is 1. The molecule has 2 rings (SSSR count). The molecule has 1 aliphatic carbocycles. The zero-order valence-corrected chi connectivity index (χ0v) is 18.4. The number of alkyl halides is 3. The molecular formula is C22H31F3N2O5. The Morgan fingerprint density at radius 2 is 1.72 bits per heavy atom. The second-order valence-corrected chi connectivity index (χ2v) is 7.65. The first-order valence-electron chi connectivity index (χ1n) is 10.5. The Morgan fingerprint density at radius 3 is 2.19 bits per heavy atom. The maximum atomic E-state index is 12.4. The molecule has 0 heterocycles. The largest absolute Gasteiger partial charge is 0.490 e. The lowest BCUT2D eigenvalue weighted by molar-refractivity contribution is -0.192. The number of carboxylic acid groups (broad SMARTS) is 1. The summed E-state index contributed by atoms with van der Waals surface area (Å²) in [6, 6.07) is 9.28. The number of carboxylic acids is 1. The normalized spacial score (nSPS) is 16.1. The molecule has 1 aliphatic rings. The van der Waals surface area contributed by atoms with E-state index < -0.39 is 24.2 Å². The van der Waals surface area contributed by atoms with E-state index in [1.807, 2.05) is 37.3 Å². The number of hydrogen-bond donors (Lipinski definition) is 3. The van der Waals surface area contributed by atoms with Gasteiger partial charge in [-0.1, -0.05) is 30.3 Å². The lowest BCUT2D eigenvalue weighted by Crippen LogP contribution is -2.51. The molecule has 7 nitrogen and oxygen atoms in total. The molecule has 3 N–H and O–H groups in total. The number of carbonyl (C=O) groups excluding carboxylic acids is 2. The van der Waals surface area contributed by atoms with Crippen LogP contribution < -0.4 is 10.6 Å². The van der Waals surface area contributed by atoms with E-state index in [1.165, 1.54) is 12.8 Å². The molecule has 0 aliphatic heterocycles. The van der Waals surface area contributed by atoms with Crippen LogP contribution in [-0.2, 0) is 25.5 Å². The van der Waals surface area contributed by atoms with Crippen molar-refractivity contribution in [2.24, 2.45) is 5.92 Å². The molecule has 0 bridgehead atoms. The molecule has 0 aromatic heterocycles. The van der Waals surface area contributed by atoms with E-state index in [9.17, 15) is 22.8 Å². The molecule has 1 aromatic rings. The molecule has 0 spiro atoms. The third-order valence-corrected chi connectivity index (χ3v) is 4.92. The van der Waals surface area contributed by atoms with E-state index in [4.69, 9.17) is 14.6 Å². The fourth-order valence-electron chi connectivity index (χ4n) is 2.91. The Balaban J connectivity index is 0.000000633. The van der Waals surface area contributed by atoms with Gasteiger partial charge in [0.15, 0.2) is 0 Å². The average Bonchev–Trinajstić information content (AvgIpc) is 3.57. The summed E-state index contributed by atoms with van der Waals surface area (Å²) in [6.45, 7) is 5.96. The van der Waals surface area contributed by atoms with Gasteiger partial charge in [-0.2, -0.15) is 13.2 Å². The molecule has 1 amide bonds. The Morgan fingerprint density at radius 1 is 1.16 bits per heavy atom. The van der Waals surface area contributed by atoms with Crippen LogP contribution in [-0.4, -0.2) is 53.9 Å². The first kappa shape index (κ1) is 27.4. The summed E-state index contributed by atoms with van der Waals surface area (Å²) in [5, 5.41) is 13.3. The van der Waals surface area contributed by atoms with Gasteiger partial charge in [-0.25, -0.2) is 4.79 Å². The number of carbonyl (C=O) groups is 3. The van der Waals surface area contributed by atoms with Crippen molar-refractivity contribution in [1.82, 2.24) is 10.6 Å². The molecule has 0 saturated heterocycles. The minimum absolute atomic E-state index is 0.0617. The van der Waals surface area contributed by atoms with Gasteiger partial charge in [0.05, 0.1) is 12.6 Å². The van der Waals surface area contributed by atoms with Crippen molar-refractivity contribution in [1.29, 1.82) is 0 Å². The second-order valence-electron chi connectivity index (χ2n) is 7.65. The quantitative estimate of drug-likeness (QED) is 0.464. The monoisotopic (exact) mass is 460 g/mol. The first-order chi connectivity index (χ1) is 15.0. The number of benzene rings is 1. The van der Waals surface area contributed by atoms with Gasteiger partial charge in [0.1, 0.15) is 6.04 Å². The SMILES string of the molecule is CCOC(=O)[C@H](CCc1ccccc1)N[C@@H](C)C(=O)N[C@@H](C)C1CC1.O=C(O)C(F)(F)F. The second kappa shape index (κ2) is 13.0. The molecular weight excluding hydrogens is 429 g/mol. The summed E-state index contributed by atoms with van der Waals surface area (Å²) in [6.07, 6.45) is -1.36. The Labute approximate surface area is 185 Å². The zero-order chi connectivity index (χ0) is 24.3. The van der Waals surface area contributed by atoms with Gasteiger partial charge in [0.25, 0.3) is 0 Å². The Bertz CT molecular complexity index is 739. The van der Waals surface area contributed by atoms with Crippen LogP contribution in [0.4, 0.5) is 13.2 Å². The average molecular weight is 460 g/mol. The van der Waals surface area contributed by atoms with E-state index >= 15 is 0 Å². The van der Waals surface area contributed by atoms with Gasteiger partial charge in [0.2, 0.25) is 5.91 Å². The van der Waals surface area contributed by atoms with Crippen LogP contribution in [0.25, 0.3) is 0 Å². The van der Waals surface area contributed by atoms with Crippen LogP contribution in [0.5, 0.6) is 0 Å². The van der Waals surface area contributed by atoms with E-state index in [-0.39, 0.29) is 17.9 Å². The van der Waals surface area contributed by atoms with Gasteiger partial charge < -0.3 is 15.2 Å². The summed E-state index contributed by atoms with van der Waals surface area (Å²) < 4.78 is 36.9. The maximum Gasteiger partial charge on any atom is 0.490 e. The standard InChI is InChI=1S/C20H30N2O3.C2HF3O2/c1-4-25-20(24)18(13-10-16-8-6-5-7-9-16)21-15(3)19(23)22-14(2)17-11-12-17;3-2(4,5)1(6)7/h5-9,14-15,17-18,21H,4,10-13H2,1-3H3,(H,22,23);(H,6,7)/t14-,15-,18-;/m0./s1. The van der Waals surface area contributed by atoms with Crippen molar-refractivity contribution in [3.8, 4) is 0 Å². The van der Waals surface area contributed by atoms with Crippen LogP contribution in [0, 0.1) is 5.92 Å². The van der Waals surface area contributed by atoms with Crippen LogP contribution >= 0.6 is 0 Å². The summed E-state index contributed by atoms with van der Waals surface area (Å²) in [7, 11) is 0. The van der Waals surface area contributed by atoms with E-state index in [0.717, 1.165) is 12.0 Å². The molecule has 1 aromatic carbocycles. The molecule has 3 atom stereocenters. The van der Waals surface area contributed by atoms with Crippen molar-refractivity contribution >= 4 is 17.8 Å². The minimum Gasteiger partial charge on any atom is -0.475 e. The third-order valence-electron chi connectivity index (χ3n) is 4.92. The van der Waals surface area contributed by atoms with Gasteiger partial charge >= 0.3 is 18.1 Å². The van der Waals surface area contributed by atoms with Crippen molar-refractivity contribution in [2.45, 2.75) is 70.8 Å². The molecule has 10 heteroatoms. The molecule has 1 saturated carbocycles. The predicted octanol–water partition coefficient (Wildman–Crippen LogP) is 3.08. The molecule has 32 heavy (non-hydrogen) atoms. The van der Waals surface area contributed by atoms with Crippen LogP contribution in [0.3, 0.4) is 0 Å². The van der Waals surface area contributed by atoms with Crippen LogP contribution in [0.1, 0.15) is 45.6 Å². The number of rotatable bonds is 10. The van der Waals surface area contributed by atoms with Gasteiger partial charge in [0, 0.05) is 6.04 Å². The molecule has 180 valence electrons. The highest BCUT2D eigenvalue weighted by atomic mass is 19.4. The number of aryl methyl sites for hydroxylation is 1. The number of amides is 1. The maximum absolute atomic E-state index is 12.4.